The quantitative estimate of drug-likeness (QED) is 0.628. The number of nitrogens with zero attached hydrogens (tertiary/aromatic N) is 2. The fraction of sp³-hybridized carbons (Fsp3) is 0.615. The van der Waals surface area contributed by atoms with Gasteiger partial charge in [0, 0.05) is 25.4 Å². The van der Waals surface area contributed by atoms with Crippen molar-refractivity contribution in [1.82, 2.24) is 15.1 Å². The van der Waals surface area contributed by atoms with Crippen molar-refractivity contribution in [2.75, 3.05) is 6.54 Å². The van der Waals surface area contributed by atoms with Crippen molar-refractivity contribution in [3.05, 3.63) is 18.5 Å². The molecular formula is C13H21N3O3. The monoisotopic (exact) mass is 267 g/mol. The summed E-state index contributed by atoms with van der Waals surface area (Å²) in [7, 11) is 0. The zero-order chi connectivity index (χ0) is 13.9. The first-order valence-corrected chi connectivity index (χ1v) is 6.64. The molecular weight excluding hydrogens is 246 g/mol. The molecule has 1 aromatic heterocycles. The van der Waals surface area contributed by atoms with Gasteiger partial charge in [-0.25, -0.2) is 0 Å². The molecule has 0 aliphatic carbocycles. The van der Waals surface area contributed by atoms with Crippen LogP contribution in [0.4, 0.5) is 0 Å². The van der Waals surface area contributed by atoms with E-state index in [0.717, 1.165) is 32.1 Å². The van der Waals surface area contributed by atoms with Gasteiger partial charge in [0.05, 0.1) is 0 Å². The second kappa shape index (κ2) is 9.13. The van der Waals surface area contributed by atoms with Crippen LogP contribution in [0.5, 0.6) is 0 Å². The highest BCUT2D eigenvalue weighted by molar-refractivity contribution is 5.75. The van der Waals surface area contributed by atoms with Crippen LogP contribution in [0.15, 0.2) is 18.5 Å². The van der Waals surface area contributed by atoms with Crippen molar-refractivity contribution in [1.29, 1.82) is 0 Å². The molecule has 106 valence electrons. The molecule has 0 unspecified atom stereocenters. The van der Waals surface area contributed by atoms with E-state index >= 15 is 0 Å². The van der Waals surface area contributed by atoms with E-state index in [0.29, 0.717) is 6.54 Å². The zero-order valence-electron chi connectivity index (χ0n) is 11.0. The van der Waals surface area contributed by atoms with Gasteiger partial charge in [0.2, 0.25) is 5.91 Å². The van der Waals surface area contributed by atoms with Crippen LogP contribution in [0, 0.1) is 0 Å². The van der Waals surface area contributed by atoms with Crippen molar-refractivity contribution in [2.45, 2.75) is 45.1 Å². The predicted octanol–water partition coefficient (Wildman–Crippen LogP) is 1.42. The van der Waals surface area contributed by atoms with Crippen LogP contribution in [-0.2, 0) is 16.1 Å². The highest BCUT2D eigenvalue weighted by atomic mass is 16.4. The largest absolute Gasteiger partial charge is 0.481 e. The standard InChI is InChI=1S/C13H21N3O3/c17-12(11-16-10-6-9-15-16)14-8-5-3-1-2-4-7-13(18)19/h6,9-10H,1-5,7-8,11H2,(H,14,17)(H,18,19). The molecule has 0 fully saturated rings. The summed E-state index contributed by atoms with van der Waals surface area (Å²) in [6.45, 7) is 0.921. The third-order valence-corrected chi connectivity index (χ3v) is 2.75. The predicted molar refractivity (Wildman–Crippen MR) is 70.6 cm³/mol. The van der Waals surface area contributed by atoms with Crippen LogP contribution < -0.4 is 5.32 Å². The van der Waals surface area contributed by atoms with Crippen molar-refractivity contribution < 1.29 is 14.7 Å². The summed E-state index contributed by atoms with van der Waals surface area (Å²) < 4.78 is 1.58. The minimum Gasteiger partial charge on any atom is -0.481 e. The number of carboxylic acids is 1. The number of nitrogens with one attached hydrogen (secondary N) is 1. The lowest BCUT2D eigenvalue weighted by Crippen LogP contribution is -2.28. The van der Waals surface area contributed by atoms with E-state index in [1.807, 2.05) is 0 Å². The molecule has 0 bridgehead atoms. The number of unbranched alkanes of at least 4 members (excludes halogenated alkanes) is 4. The lowest BCUT2D eigenvalue weighted by atomic mass is 10.1. The molecule has 0 radical (unpaired) electrons. The van der Waals surface area contributed by atoms with E-state index in [1.165, 1.54) is 0 Å². The highest BCUT2D eigenvalue weighted by Crippen LogP contribution is 2.04. The number of rotatable bonds is 10. The van der Waals surface area contributed by atoms with E-state index in [4.69, 9.17) is 5.11 Å². The zero-order valence-corrected chi connectivity index (χ0v) is 11.0. The fourth-order valence-corrected chi connectivity index (χ4v) is 1.76. The molecule has 1 heterocycles. The molecule has 1 aromatic rings. The van der Waals surface area contributed by atoms with Crippen molar-refractivity contribution >= 4 is 11.9 Å². The molecule has 0 saturated carbocycles. The van der Waals surface area contributed by atoms with Gasteiger partial charge in [-0.05, 0) is 18.9 Å². The average Bonchev–Trinajstić information content (AvgIpc) is 2.85. The van der Waals surface area contributed by atoms with Gasteiger partial charge in [-0.15, -0.1) is 0 Å². The molecule has 2 N–H and O–H groups in total. The maximum absolute atomic E-state index is 11.5. The Morgan fingerprint density at radius 3 is 2.58 bits per heavy atom. The average molecular weight is 267 g/mol. The van der Waals surface area contributed by atoms with Gasteiger partial charge >= 0.3 is 5.97 Å². The number of carbonyl (C=O) groups is 2. The Bertz CT molecular complexity index is 376. The number of amides is 1. The first kappa shape index (κ1) is 15.2. The Balaban J connectivity index is 1.90. The molecule has 6 nitrogen and oxygen atoms in total. The summed E-state index contributed by atoms with van der Waals surface area (Å²) in [5, 5.41) is 15.3. The van der Waals surface area contributed by atoms with Crippen molar-refractivity contribution in [2.24, 2.45) is 0 Å². The summed E-state index contributed by atoms with van der Waals surface area (Å²) >= 11 is 0. The topological polar surface area (TPSA) is 84.2 Å². The first-order valence-electron chi connectivity index (χ1n) is 6.64. The molecule has 0 aliphatic heterocycles. The Morgan fingerprint density at radius 1 is 1.16 bits per heavy atom. The number of hydrogen-bond donors (Lipinski definition) is 2. The Labute approximate surface area is 112 Å². The normalized spacial score (nSPS) is 10.3. The van der Waals surface area contributed by atoms with Gasteiger partial charge in [0.25, 0.3) is 0 Å². The summed E-state index contributed by atoms with van der Waals surface area (Å²) in [4.78, 5) is 21.8. The van der Waals surface area contributed by atoms with Gasteiger partial charge < -0.3 is 10.4 Å². The fourth-order valence-electron chi connectivity index (χ4n) is 1.76. The maximum Gasteiger partial charge on any atom is 0.303 e. The number of hydrogen-bond acceptors (Lipinski definition) is 3. The van der Waals surface area contributed by atoms with Gasteiger partial charge in [-0.2, -0.15) is 5.10 Å². The van der Waals surface area contributed by atoms with Crippen molar-refractivity contribution in [3.63, 3.8) is 0 Å². The number of aromatic nitrogens is 2. The number of carboxylic acid groups (broad SMARTS) is 1. The van der Waals surface area contributed by atoms with Gasteiger partial charge in [-0.3, -0.25) is 14.3 Å². The van der Waals surface area contributed by atoms with Gasteiger partial charge in [-0.1, -0.05) is 19.3 Å². The lowest BCUT2D eigenvalue weighted by Gasteiger charge is -2.05. The Kier molecular flexibility index (Phi) is 7.31. The van der Waals surface area contributed by atoms with E-state index in [-0.39, 0.29) is 18.9 Å². The smallest absolute Gasteiger partial charge is 0.303 e. The third kappa shape index (κ3) is 7.96. The number of aliphatic carboxylic acids is 1. The third-order valence-electron chi connectivity index (χ3n) is 2.75. The second-order valence-electron chi connectivity index (χ2n) is 4.47. The summed E-state index contributed by atoms with van der Waals surface area (Å²) in [6.07, 6.45) is 8.28. The summed E-state index contributed by atoms with van der Waals surface area (Å²) in [6, 6.07) is 1.78. The van der Waals surface area contributed by atoms with E-state index in [9.17, 15) is 9.59 Å². The number of carbonyl (C=O) groups excluding carboxylic acids is 1. The highest BCUT2D eigenvalue weighted by Gasteiger charge is 2.01. The van der Waals surface area contributed by atoms with E-state index in [2.05, 4.69) is 10.4 Å². The molecule has 0 spiro atoms. The van der Waals surface area contributed by atoms with Crippen LogP contribution in [0.1, 0.15) is 38.5 Å². The van der Waals surface area contributed by atoms with Crippen molar-refractivity contribution in [3.8, 4) is 0 Å². The minimum atomic E-state index is -0.731. The lowest BCUT2D eigenvalue weighted by molar-refractivity contribution is -0.137. The molecule has 0 atom stereocenters. The maximum atomic E-state index is 11.5. The molecule has 6 heteroatoms. The van der Waals surface area contributed by atoms with Crippen LogP contribution in [0.3, 0.4) is 0 Å². The summed E-state index contributed by atoms with van der Waals surface area (Å²) in [5.41, 5.74) is 0. The Hall–Kier alpha value is -1.85. The molecule has 0 aromatic carbocycles. The summed E-state index contributed by atoms with van der Waals surface area (Å²) in [5.74, 6) is -0.763. The van der Waals surface area contributed by atoms with E-state index < -0.39 is 5.97 Å². The SMILES string of the molecule is O=C(O)CCCCCCCNC(=O)Cn1cccn1. The molecule has 1 rings (SSSR count). The molecule has 0 aliphatic rings. The second-order valence-corrected chi connectivity index (χ2v) is 4.47. The minimum absolute atomic E-state index is 0.0328. The van der Waals surface area contributed by atoms with E-state index in [1.54, 1.807) is 23.1 Å². The van der Waals surface area contributed by atoms with Crippen LogP contribution in [-0.4, -0.2) is 33.3 Å². The van der Waals surface area contributed by atoms with Crippen LogP contribution in [0.25, 0.3) is 0 Å². The first-order chi connectivity index (χ1) is 9.18. The van der Waals surface area contributed by atoms with Gasteiger partial charge in [0.1, 0.15) is 6.54 Å². The van der Waals surface area contributed by atoms with Crippen LogP contribution in [0.2, 0.25) is 0 Å². The molecule has 1 amide bonds. The molecule has 19 heavy (non-hydrogen) atoms. The molecule has 0 saturated heterocycles. The Morgan fingerprint density at radius 2 is 1.89 bits per heavy atom. The van der Waals surface area contributed by atoms with Gasteiger partial charge in [0.15, 0.2) is 0 Å². The van der Waals surface area contributed by atoms with Crippen LogP contribution >= 0.6 is 0 Å².